The van der Waals surface area contributed by atoms with Gasteiger partial charge in [0.05, 0.1) is 26.4 Å². The lowest BCUT2D eigenvalue weighted by atomic mass is 9.99. The van der Waals surface area contributed by atoms with E-state index >= 15 is 0 Å². The standard InChI is InChI=1S/C50H88O9/c1-3-5-7-9-11-13-15-17-19-21-22-23-24-25-27-29-31-33-35-37-39-46(52)58-44(43-57-50-49(55)48(54)47(53)45(41-51)59-50)42-56-40-38-36-34-32-30-28-26-20-18-16-14-12-10-8-6-4-2/h6,8,12,14,18,20,28,30,34,36,44-45,47-51,53-55H,3-5,7,9-11,13,15-17,19,21-27,29,31-33,35,37-43H2,1-2H3/b8-6-,14-12-,20-18-,30-28-,36-34-. The number of aliphatic hydroxyl groups excluding tert-OH is 4. The maximum atomic E-state index is 12.8. The monoisotopic (exact) mass is 833 g/mol. The van der Waals surface area contributed by atoms with E-state index in [9.17, 15) is 25.2 Å². The van der Waals surface area contributed by atoms with Crippen molar-refractivity contribution in [2.45, 2.75) is 224 Å². The van der Waals surface area contributed by atoms with Gasteiger partial charge in [-0.2, -0.15) is 0 Å². The van der Waals surface area contributed by atoms with Gasteiger partial charge in [0.2, 0.25) is 0 Å². The SMILES string of the molecule is CC/C=C\C/C=C\C/C=C\C/C=C\C/C=C\CCOCC(COC1OC(CO)C(O)C(O)C1O)OC(=O)CCCCCCCCCCCCCCCCCCCCCC. The summed E-state index contributed by atoms with van der Waals surface area (Å²) in [5, 5.41) is 40.1. The minimum absolute atomic E-state index is 0.0904. The number of hydrogen-bond donors (Lipinski definition) is 4. The van der Waals surface area contributed by atoms with Crippen LogP contribution in [0.4, 0.5) is 0 Å². The summed E-state index contributed by atoms with van der Waals surface area (Å²) in [6.07, 6.45) is 45.6. The van der Waals surface area contributed by atoms with E-state index < -0.39 is 43.4 Å². The summed E-state index contributed by atoms with van der Waals surface area (Å²) in [5.74, 6) is -0.337. The molecule has 9 heteroatoms. The number of carbonyl (C=O) groups excluding carboxylic acids is 1. The Kier molecular flexibility index (Phi) is 38.4. The molecule has 9 nitrogen and oxygen atoms in total. The first-order chi connectivity index (χ1) is 28.9. The topological polar surface area (TPSA) is 135 Å². The fraction of sp³-hybridized carbons (Fsp3) is 0.780. The Hall–Kier alpha value is -2.11. The van der Waals surface area contributed by atoms with Gasteiger partial charge in [-0.05, 0) is 44.9 Å². The summed E-state index contributed by atoms with van der Waals surface area (Å²) in [5.41, 5.74) is 0. The highest BCUT2D eigenvalue weighted by atomic mass is 16.7. The van der Waals surface area contributed by atoms with Gasteiger partial charge in [-0.1, -0.05) is 197 Å². The van der Waals surface area contributed by atoms with Gasteiger partial charge < -0.3 is 39.4 Å². The van der Waals surface area contributed by atoms with E-state index in [1.807, 2.05) is 0 Å². The van der Waals surface area contributed by atoms with Crippen LogP contribution in [0.3, 0.4) is 0 Å². The highest BCUT2D eigenvalue weighted by Crippen LogP contribution is 2.22. The lowest BCUT2D eigenvalue weighted by Gasteiger charge is -2.39. The average molecular weight is 833 g/mol. The number of ether oxygens (including phenoxy) is 4. The van der Waals surface area contributed by atoms with Crippen molar-refractivity contribution in [1.29, 1.82) is 0 Å². The molecule has 0 amide bonds. The van der Waals surface area contributed by atoms with Gasteiger partial charge in [-0.25, -0.2) is 0 Å². The van der Waals surface area contributed by atoms with Gasteiger partial charge in [-0.3, -0.25) is 4.79 Å². The van der Waals surface area contributed by atoms with Gasteiger partial charge in [0.25, 0.3) is 0 Å². The summed E-state index contributed by atoms with van der Waals surface area (Å²) in [4.78, 5) is 12.8. The van der Waals surface area contributed by atoms with Crippen molar-refractivity contribution in [2.24, 2.45) is 0 Å². The van der Waals surface area contributed by atoms with Crippen LogP contribution in [-0.2, 0) is 23.7 Å². The Morgan fingerprint density at radius 3 is 1.46 bits per heavy atom. The maximum absolute atomic E-state index is 12.8. The summed E-state index contributed by atoms with van der Waals surface area (Å²) in [6, 6.07) is 0. The van der Waals surface area contributed by atoms with Crippen molar-refractivity contribution < 1.29 is 44.2 Å². The molecule has 342 valence electrons. The fourth-order valence-corrected chi connectivity index (χ4v) is 7.03. The van der Waals surface area contributed by atoms with Gasteiger partial charge in [0, 0.05) is 6.42 Å². The van der Waals surface area contributed by atoms with Crippen molar-refractivity contribution in [3.8, 4) is 0 Å². The van der Waals surface area contributed by atoms with Gasteiger partial charge >= 0.3 is 5.97 Å². The summed E-state index contributed by atoms with van der Waals surface area (Å²) in [6.45, 7) is 4.24. The van der Waals surface area contributed by atoms with E-state index in [1.54, 1.807) is 0 Å². The number of allylic oxidation sites excluding steroid dienone is 9. The Bertz CT molecular complexity index is 1080. The molecule has 0 spiro atoms. The van der Waals surface area contributed by atoms with Crippen LogP contribution in [0.2, 0.25) is 0 Å². The van der Waals surface area contributed by atoms with E-state index in [2.05, 4.69) is 74.6 Å². The predicted octanol–water partition coefficient (Wildman–Crippen LogP) is 11.1. The molecule has 6 atom stereocenters. The van der Waals surface area contributed by atoms with Crippen LogP contribution < -0.4 is 0 Å². The predicted molar refractivity (Wildman–Crippen MR) is 242 cm³/mol. The molecule has 0 saturated carbocycles. The highest BCUT2D eigenvalue weighted by Gasteiger charge is 2.44. The Balaban J connectivity index is 2.27. The molecule has 1 aliphatic rings. The number of carbonyl (C=O) groups is 1. The van der Waals surface area contributed by atoms with Gasteiger partial charge in [-0.15, -0.1) is 0 Å². The molecule has 59 heavy (non-hydrogen) atoms. The molecular formula is C50H88O9. The lowest BCUT2D eigenvalue weighted by molar-refractivity contribution is -0.305. The van der Waals surface area contributed by atoms with Crippen molar-refractivity contribution in [1.82, 2.24) is 0 Å². The lowest BCUT2D eigenvalue weighted by Crippen LogP contribution is -2.59. The van der Waals surface area contributed by atoms with Crippen LogP contribution in [0.25, 0.3) is 0 Å². The number of unbranched alkanes of at least 4 members (excludes halogenated alkanes) is 19. The number of esters is 1. The second-order valence-corrected chi connectivity index (χ2v) is 16.2. The Morgan fingerprint density at radius 1 is 0.559 bits per heavy atom. The first-order valence-electron chi connectivity index (χ1n) is 23.9. The van der Waals surface area contributed by atoms with Gasteiger partial charge in [0.15, 0.2) is 6.29 Å². The van der Waals surface area contributed by atoms with Crippen molar-refractivity contribution in [2.75, 3.05) is 26.4 Å². The van der Waals surface area contributed by atoms with Crippen LogP contribution in [-0.4, -0.2) is 89.6 Å². The number of hydrogen-bond acceptors (Lipinski definition) is 9. The summed E-state index contributed by atoms with van der Waals surface area (Å²) in [7, 11) is 0. The molecule has 1 aliphatic heterocycles. The third kappa shape index (κ3) is 32.3. The van der Waals surface area contributed by atoms with E-state index in [0.717, 1.165) is 51.4 Å². The molecule has 6 unspecified atom stereocenters. The number of rotatable bonds is 40. The third-order valence-electron chi connectivity index (χ3n) is 10.7. The molecule has 0 aliphatic carbocycles. The molecule has 0 radical (unpaired) electrons. The fourth-order valence-electron chi connectivity index (χ4n) is 7.03. The zero-order valence-corrected chi connectivity index (χ0v) is 37.5. The largest absolute Gasteiger partial charge is 0.457 e. The molecule has 4 N–H and O–H groups in total. The summed E-state index contributed by atoms with van der Waals surface area (Å²) < 4.78 is 22.7. The minimum atomic E-state index is -1.55. The normalized spacial score (nSPS) is 20.7. The first-order valence-corrected chi connectivity index (χ1v) is 23.9. The van der Waals surface area contributed by atoms with Crippen LogP contribution >= 0.6 is 0 Å². The molecule has 1 rings (SSSR count). The molecule has 1 heterocycles. The minimum Gasteiger partial charge on any atom is -0.457 e. The summed E-state index contributed by atoms with van der Waals surface area (Å²) >= 11 is 0. The smallest absolute Gasteiger partial charge is 0.306 e. The zero-order chi connectivity index (χ0) is 42.9. The quantitative estimate of drug-likeness (QED) is 0.0270. The van der Waals surface area contributed by atoms with Crippen molar-refractivity contribution >= 4 is 5.97 Å². The van der Waals surface area contributed by atoms with Crippen LogP contribution in [0.5, 0.6) is 0 Å². The first kappa shape index (κ1) is 54.9. The Labute approximate surface area is 360 Å². The van der Waals surface area contributed by atoms with Crippen LogP contribution in [0.1, 0.15) is 187 Å². The maximum Gasteiger partial charge on any atom is 0.306 e. The van der Waals surface area contributed by atoms with Gasteiger partial charge in [0.1, 0.15) is 30.5 Å². The third-order valence-corrected chi connectivity index (χ3v) is 10.7. The van der Waals surface area contributed by atoms with E-state index in [4.69, 9.17) is 18.9 Å². The second kappa shape index (κ2) is 41.3. The van der Waals surface area contributed by atoms with E-state index in [0.29, 0.717) is 19.4 Å². The van der Waals surface area contributed by atoms with E-state index in [1.165, 1.54) is 109 Å². The molecule has 0 aromatic carbocycles. The van der Waals surface area contributed by atoms with Crippen LogP contribution in [0.15, 0.2) is 60.8 Å². The molecule has 0 aromatic rings. The molecular weight excluding hydrogens is 745 g/mol. The second-order valence-electron chi connectivity index (χ2n) is 16.2. The van der Waals surface area contributed by atoms with Crippen molar-refractivity contribution in [3.63, 3.8) is 0 Å². The van der Waals surface area contributed by atoms with E-state index in [-0.39, 0.29) is 19.2 Å². The van der Waals surface area contributed by atoms with Crippen molar-refractivity contribution in [3.05, 3.63) is 60.8 Å². The molecule has 1 fully saturated rings. The zero-order valence-electron chi connectivity index (χ0n) is 37.5. The van der Waals surface area contributed by atoms with Crippen LogP contribution in [0, 0.1) is 0 Å². The number of aliphatic hydroxyl groups is 4. The molecule has 1 saturated heterocycles. The average Bonchev–Trinajstić information content (AvgIpc) is 3.24. The molecule has 0 bridgehead atoms. The Morgan fingerprint density at radius 2 is 1.00 bits per heavy atom. The highest BCUT2D eigenvalue weighted by molar-refractivity contribution is 5.69. The molecule has 0 aromatic heterocycles.